The number of aromatic nitrogens is 2. The van der Waals surface area contributed by atoms with E-state index in [4.69, 9.17) is 10.2 Å². The fourth-order valence-electron chi connectivity index (χ4n) is 1.88. The van der Waals surface area contributed by atoms with Crippen LogP contribution in [0.2, 0.25) is 0 Å². The van der Waals surface area contributed by atoms with Gasteiger partial charge in [-0.25, -0.2) is 9.78 Å². The quantitative estimate of drug-likeness (QED) is 0.771. The fraction of sp³-hybridized carbons (Fsp3) is 0.231. The number of aromatic carboxylic acids is 1. The second-order valence-corrected chi connectivity index (χ2v) is 4.14. The van der Waals surface area contributed by atoms with E-state index in [9.17, 15) is 4.79 Å². The van der Waals surface area contributed by atoms with E-state index in [0.717, 1.165) is 22.5 Å². The van der Waals surface area contributed by atoms with Crippen molar-refractivity contribution in [1.29, 1.82) is 0 Å². The van der Waals surface area contributed by atoms with Crippen LogP contribution in [0, 0.1) is 13.8 Å². The smallest absolute Gasteiger partial charge is 0.335 e. The van der Waals surface area contributed by atoms with Crippen LogP contribution in [0.15, 0.2) is 18.2 Å². The Kier molecular flexibility index (Phi) is 3.16. The molecule has 0 amide bonds. The Labute approximate surface area is 104 Å². The van der Waals surface area contributed by atoms with E-state index in [-0.39, 0.29) is 12.2 Å². The molecule has 5 heteroatoms. The third-order valence-corrected chi connectivity index (χ3v) is 2.84. The summed E-state index contributed by atoms with van der Waals surface area (Å²) < 4.78 is 0. The zero-order valence-corrected chi connectivity index (χ0v) is 10.2. The topological polar surface area (TPSA) is 86.2 Å². The van der Waals surface area contributed by atoms with Crippen molar-refractivity contribution in [2.45, 2.75) is 20.5 Å². The maximum atomic E-state index is 11.0. The van der Waals surface area contributed by atoms with Gasteiger partial charge in [0.15, 0.2) is 0 Å². The number of imidazole rings is 1. The molecule has 1 aromatic heterocycles. The summed E-state index contributed by atoms with van der Waals surface area (Å²) in [5, 5.41) is 18.0. The highest BCUT2D eigenvalue weighted by molar-refractivity contribution is 5.89. The molecule has 0 atom stereocenters. The first-order chi connectivity index (χ1) is 8.52. The molecule has 2 rings (SSSR count). The van der Waals surface area contributed by atoms with Crippen LogP contribution in [0.1, 0.15) is 27.4 Å². The lowest BCUT2D eigenvalue weighted by atomic mass is 10.0. The summed E-state index contributed by atoms with van der Waals surface area (Å²) in [7, 11) is 0. The number of H-pyrrole nitrogens is 1. The number of carboxylic acids is 1. The first-order valence-corrected chi connectivity index (χ1v) is 5.53. The molecule has 0 saturated carbocycles. The SMILES string of the molecule is Cc1ccc(C(=O)O)cc1-c1[nH]c(CO)nc1C. The molecule has 0 aliphatic carbocycles. The van der Waals surface area contributed by atoms with E-state index in [1.54, 1.807) is 18.2 Å². The van der Waals surface area contributed by atoms with Crippen molar-refractivity contribution in [3.63, 3.8) is 0 Å². The van der Waals surface area contributed by atoms with Crippen LogP contribution in [0.5, 0.6) is 0 Å². The molecular weight excluding hydrogens is 232 g/mol. The third kappa shape index (κ3) is 2.12. The number of rotatable bonds is 3. The lowest BCUT2D eigenvalue weighted by molar-refractivity contribution is 0.0697. The Morgan fingerprint density at radius 1 is 1.39 bits per heavy atom. The fourth-order valence-corrected chi connectivity index (χ4v) is 1.88. The number of hydrogen-bond acceptors (Lipinski definition) is 3. The summed E-state index contributed by atoms with van der Waals surface area (Å²) in [6.45, 7) is 3.55. The number of carboxylic acid groups (broad SMARTS) is 1. The average molecular weight is 246 g/mol. The standard InChI is InChI=1S/C13H14N2O3/c1-7-3-4-9(13(17)18)5-10(7)12-8(2)14-11(6-16)15-12/h3-5,16H,6H2,1-2H3,(H,14,15)(H,17,18). The van der Waals surface area contributed by atoms with Gasteiger partial charge in [-0.05, 0) is 31.5 Å². The molecule has 5 nitrogen and oxygen atoms in total. The van der Waals surface area contributed by atoms with Crippen molar-refractivity contribution in [2.24, 2.45) is 0 Å². The van der Waals surface area contributed by atoms with E-state index in [1.165, 1.54) is 0 Å². The molecule has 0 aliphatic rings. The summed E-state index contributed by atoms with van der Waals surface area (Å²) in [5.41, 5.74) is 3.47. The lowest BCUT2D eigenvalue weighted by Gasteiger charge is -2.06. The van der Waals surface area contributed by atoms with Crippen LogP contribution in [-0.2, 0) is 6.61 Å². The number of benzene rings is 1. The van der Waals surface area contributed by atoms with E-state index in [2.05, 4.69) is 9.97 Å². The molecule has 0 fully saturated rings. The van der Waals surface area contributed by atoms with Crippen molar-refractivity contribution in [1.82, 2.24) is 9.97 Å². The molecule has 0 aliphatic heterocycles. The number of nitrogens with one attached hydrogen (secondary N) is 1. The van der Waals surface area contributed by atoms with Crippen molar-refractivity contribution < 1.29 is 15.0 Å². The number of aryl methyl sites for hydroxylation is 2. The van der Waals surface area contributed by atoms with Crippen LogP contribution in [0.4, 0.5) is 0 Å². The largest absolute Gasteiger partial charge is 0.478 e. The summed E-state index contributed by atoms with van der Waals surface area (Å²) in [6.07, 6.45) is 0. The first kappa shape index (κ1) is 12.3. The first-order valence-electron chi connectivity index (χ1n) is 5.53. The van der Waals surface area contributed by atoms with Crippen LogP contribution in [0.3, 0.4) is 0 Å². The van der Waals surface area contributed by atoms with Crippen LogP contribution in [0.25, 0.3) is 11.3 Å². The van der Waals surface area contributed by atoms with Gasteiger partial charge in [-0.2, -0.15) is 0 Å². The second kappa shape index (κ2) is 4.62. The van der Waals surface area contributed by atoms with Gasteiger partial charge in [0.25, 0.3) is 0 Å². The van der Waals surface area contributed by atoms with Crippen molar-refractivity contribution >= 4 is 5.97 Å². The van der Waals surface area contributed by atoms with Gasteiger partial charge in [0.2, 0.25) is 0 Å². The Bertz CT molecular complexity index is 602. The minimum Gasteiger partial charge on any atom is -0.478 e. The minimum absolute atomic E-state index is 0.168. The molecule has 0 spiro atoms. The minimum atomic E-state index is -0.962. The molecular formula is C13H14N2O3. The van der Waals surface area contributed by atoms with Gasteiger partial charge < -0.3 is 15.2 Å². The summed E-state index contributed by atoms with van der Waals surface area (Å²) in [4.78, 5) is 18.1. The van der Waals surface area contributed by atoms with E-state index in [1.807, 2.05) is 13.8 Å². The number of nitrogens with zero attached hydrogens (tertiary/aromatic N) is 1. The summed E-state index contributed by atoms with van der Waals surface area (Å²) in [6, 6.07) is 4.94. The van der Waals surface area contributed by atoms with Gasteiger partial charge in [0.05, 0.1) is 17.0 Å². The third-order valence-electron chi connectivity index (χ3n) is 2.84. The Morgan fingerprint density at radius 2 is 2.11 bits per heavy atom. The molecule has 1 aromatic carbocycles. The lowest BCUT2D eigenvalue weighted by Crippen LogP contribution is -1.98. The molecule has 3 N–H and O–H groups in total. The number of aliphatic hydroxyl groups is 1. The summed E-state index contributed by atoms with van der Waals surface area (Å²) >= 11 is 0. The number of aromatic amines is 1. The molecule has 18 heavy (non-hydrogen) atoms. The zero-order chi connectivity index (χ0) is 13.3. The summed E-state index contributed by atoms with van der Waals surface area (Å²) in [5.74, 6) is -0.488. The Balaban J connectivity index is 2.58. The van der Waals surface area contributed by atoms with Crippen molar-refractivity contribution in [3.8, 4) is 11.3 Å². The average Bonchev–Trinajstić information content (AvgIpc) is 2.71. The van der Waals surface area contributed by atoms with Gasteiger partial charge in [-0.1, -0.05) is 6.07 Å². The normalized spacial score (nSPS) is 10.6. The number of carbonyl (C=O) groups is 1. The molecule has 0 saturated heterocycles. The molecule has 0 radical (unpaired) electrons. The number of aliphatic hydroxyl groups excluding tert-OH is 1. The monoisotopic (exact) mass is 246 g/mol. The van der Waals surface area contributed by atoms with Gasteiger partial charge in [-0.3, -0.25) is 0 Å². The highest BCUT2D eigenvalue weighted by atomic mass is 16.4. The van der Waals surface area contributed by atoms with Gasteiger partial charge >= 0.3 is 5.97 Å². The molecule has 0 bridgehead atoms. The highest BCUT2D eigenvalue weighted by Crippen LogP contribution is 2.26. The van der Waals surface area contributed by atoms with Gasteiger partial charge in [0.1, 0.15) is 12.4 Å². The number of hydrogen-bond donors (Lipinski definition) is 3. The molecule has 1 heterocycles. The van der Waals surface area contributed by atoms with E-state index >= 15 is 0 Å². The molecule has 2 aromatic rings. The van der Waals surface area contributed by atoms with E-state index in [0.29, 0.717) is 5.82 Å². The van der Waals surface area contributed by atoms with Crippen LogP contribution in [-0.4, -0.2) is 26.2 Å². The Morgan fingerprint density at radius 3 is 2.67 bits per heavy atom. The van der Waals surface area contributed by atoms with Crippen LogP contribution < -0.4 is 0 Å². The molecule has 94 valence electrons. The van der Waals surface area contributed by atoms with Crippen molar-refractivity contribution in [3.05, 3.63) is 40.8 Å². The van der Waals surface area contributed by atoms with Gasteiger partial charge in [-0.15, -0.1) is 0 Å². The maximum absolute atomic E-state index is 11.0. The highest BCUT2D eigenvalue weighted by Gasteiger charge is 2.13. The van der Waals surface area contributed by atoms with Crippen molar-refractivity contribution in [2.75, 3.05) is 0 Å². The Hall–Kier alpha value is -2.14. The molecule has 0 unspecified atom stereocenters. The van der Waals surface area contributed by atoms with E-state index < -0.39 is 5.97 Å². The predicted octanol–water partition coefficient (Wildman–Crippen LogP) is 1.88. The predicted molar refractivity (Wildman–Crippen MR) is 66.4 cm³/mol. The zero-order valence-electron chi connectivity index (χ0n) is 10.2. The van der Waals surface area contributed by atoms with Crippen LogP contribution >= 0.6 is 0 Å². The second-order valence-electron chi connectivity index (χ2n) is 4.14. The van der Waals surface area contributed by atoms with Gasteiger partial charge in [0, 0.05) is 5.56 Å². The maximum Gasteiger partial charge on any atom is 0.335 e.